The first kappa shape index (κ1) is 60.0. The number of carbonyl (C=O) groups is 8. The summed E-state index contributed by atoms with van der Waals surface area (Å²) in [6, 6.07) is 0. The Morgan fingerprint density at radius 3 is 1.16 bits per heavy atom. The molecular formula is C42H76N6O16. The maximum absolute atomic E-state index is 12.0. The fraction of sp³-hybridized carbons (Fsp3) is 0.810. The van der Waals surface area contributed by atoms with Crippen molar-refractivity contribution in [1.82, 2.24) is 26.6 Å². The lowest BCUT2D eigenvalue weighted by Gasteiger charge is -2.13. The predicted molar refractivity (Wildman–Crippen MR) is 232 cm³/mol. The van der Waals surface area contributed by atoms with Gasteiger partial charge < -0.3 is 75.0 Å². The molecule has 0 aliphatic carbocycles. The highest BCUT2D eigenvalue weighted by atomic mass is 16.5. The number of nitrogens with two attached hydrogens (primary N) is 1. The van der Waals surface area contributed by atoms with Gasteiger partial charge in [-0.05, 0) is 39.5 Å². The van der Waals surface area contributed by atoms with Crippen LogP contribution in [0.15, 0.2) is 0 Å². The van der Waals surface area contributed by atoms with Crippen LogP contribution in [-0.4, -0.2) is 192 Å². The zero-order valence-electron chi connectivity index (χ0n) is 38.1. The first-order valence-corrected chi connectivity index (χ1v) is 22.1. The van der Waals surface area contributed by atoms with Crippen molar-refractivity contribution in [2.75, 3.05) is 145 Å². The third-order valence-electron chi connectivity index (χ3n) is 8.74. The summed E-state index contributed by atoms with van der Waals surface area (Å²) >= 11 is 0. The van der Waals surface area contributed by atoms with Crippen molar-refractivity contribution in [3.63, 3.8) is 0 Å². The maximum Gasteiger partial charge on any atom is 0.246 e. The molecule has 5 amide bonds. The van der Waals surface area contributed by atoms with Crippen LogP contribution in [0.2, 0.25) is 0 Å². The number of nitrogens with one attached hydrogen (secondary N) is 5. The van der Waals surface area contributed by atoms with E-state index in [2.05, 4.69) is 26.6 Å². The summed E-state index contributed by atoms with van der Waals surface area (Å²) < 4.78 is 42.6. The number of ether oxygens (including phenoxy) is 8. The minimum atomic E-state index is -0.310. The van der Waals surface area contributed by atoms with Gasteiger partial charge in [-0.1, -0.05) is 6.42 Å². The van der Waals surface area contributed by atoms with Crippen LogP contribution in [-0.2, 0) is 76.3 Å². The van der Waals surface area contributed by atoms with Crippen LogP contribution in [0.3, 0.4) is 0 Å². The second-order valence-corrected chi connectivity index (χ2v) is 14.4. The Bertz CT molecular complexity index is 1290. The minimum absolute atomic E-state index is 0.00745. The number of Topliss-reactive ketones (excluding diaryl/α,β-unsaturated/α-hetero) is 3. The van der Waals surface area contributed by atoms with Crippen molar-refractivity contribution in [3.05, 3.63) is 0 Å². The highest BCUT2D eigenvalue weighted by molar-refractivity contribution is 5.81. The fourth-order valence-corrected chi connectivity index (χ4v) is 5.23. The Hall–Kier alpha value is -4.00. The van der Waals surface area contributed by atoms with Crippen molar-refractivity contribution in [2.45, 2.75) is 71.6 Å². The van der Waals surface area contributed by atoms with Gasteiger partial charge in [0.15, 0.2) is 0 Å². The van der Waals surface area contributed by atoms with E-state index in [1.807, 2.05) is 0 Å². The van der Waals surface area contributed by atoms with Gasteiger partial charge in [0.2, 0.25) is 29.5 Å². The first-order chi connectivity index (χ1) is 30.9. The molecule has 0 aromatic rings. The lowest BCUT2D eigenvalue weighted by molar-refractivity contribution is -0.127. The first-order valence-electron chi connectivity index (χ1n) is 22.1. The van der Waals surface area contributed by atoms with E-state index in [-0.39, 0.29) is 164 Å². The highest BCUT2D eigenvalue weighted by Gasteiger charge is 2.15. The summed E-state index contributed by atoms with van der Waals surface area (Å²) in [5, 5.41) is 13.5. The molecular weight excluding hydrogens is 844 g/mol. The number of hydrogen-bond acceptors (Lipinski definition) is 17. The number of ketones is 3. The summed E-state index contributed by atoms with van der Waals surface area (Å²) in [7, 11) is 0. The number of amides is 5. The number of unbranched alkanes of at least 4 members (excludes halogenated alkanes) is 1. The molecule has 1 atom stereocenters. The lowest BCUT2D eigenvalue weighted by atomic mass is 9.92. The average molecular weight is 921 g/mol. The number of carbonyl (C=O) groups excluding carboxylic acids is 8. The Kier molecular flexibility index (Phi) is 41.5. The van der Waals surface area contributed by atoms with Gasteiger partial charge in [0, 0.05) is 64.3 Å². The van der Waals surface area contributed by atoms with Gasteiger partial charge in [0.05, 0.1) is 92.4 Å². The molecule has 22 heteroatoms. The average Bonchev–Trinajstić information content (AvgIpc) is 3.26. The Labute approximate surface area is 377 Å². The van der Waals surface area contributed by atoms with Crippen LogP contribution < -0.4 is 32.3 Å². The quantitative estimate of drug-likeness (QED) is 0.0380. The van der Waals surface area contributed by atoms with E-state index < -0.39 is 0 Å². The summed E-state index contributed by atoms with van der Waals surface area (Å²) in [6.07, 6.45) is 4.22. The molecule has 0 saturated carbocycles. The monoisotopic (exact) mass is 921 g/mol. The highest BCUT2D eigenvalue weighted by Crippen LogP contribution is 2.16. The Morgan fingerprint density at radius 1 is 0.391 bits per heavy atom. The van der Waals surface area contributed by atoms with Crippen LogP contribution in [0, 0.1) is 5.92 Å². The molecule has 0 fully saturated rings. The summed E-state index contributed by atoms with van der Waals surface area (Å²) in [5.41, 5.74) is 5.22. The molecule has 0 aromatic heterocycles. The SMILES string of the molecule is CC(=O)CCC(CCCCNC(=O)COCCOCCNC(=O)COCCOCCNC(=O)CCCC(=O)NCCOCCOCC(=O)NCCOCCOCCC(=O)CN)C(C)=O. The third kappa shape index (κ3) is 43.3. The largest absolute Gasteiger partial charge is 0.379 e. The second-order valence-electron chi connectivity index (χ2n) is 14.4. The predicted octanol–water partition coefficient (Wildman–Crippen LogP) is -1.47. The van der Waals surface area contributed by atoms with Gasteiger partial charge in [0.25, 0.3) is 0 Å². The van der Waals surface area contributed by atoms with Crippen molar-refractivity contribution in [1.29, 1.82) is 0 Å². The van der Waals surface area contributed by atoms with Crippen molar-refractivity contribution in [3.8, 4) is 0 Å². The van der Waals surface area contributed by atoms with E-state index in [1.165, 1.54) is 6.92 Å². The molecule has 1 unspecified atom stereocenters. The molecule has 64 heavy (non-hydrogen) atoms. The Morgan fingerprint density at radius 2 is 0.766 bits per heavy atom. The molecule has 0 saturated heterocycles. The van der Waals surface area contributed by atoms with Crippen molar-refractivity contribution < 1.29 is 76.3 Å². The molecule has 0 aliphatic rings. The van der Waals surface area contributed by atoms with Gasteiger partial charge >= 0.3 is 0 Å². The molecule has 0 spiro atoms. The molecule has 0 heterocycles. The standard InChI is InChI=1S/C42H76N6O16/c1-34(49)9-10-36(35(2)50)6-3-4-12-44-40(54)31-62-27-26-61-21-16-48-42(56)33-64-29-25-60-19-14-46-39(53)8-5-7-38(52)45-13-18-59-24-28-63-32-41(55)47-15-20-58-23-22-57-17-11-37(51)30-43/h36H,3-33,43H2,1-2H3,(H,44,54)(H,45,52)(H,46,53)(H,47,55)(H,48,56). The van der Waals surface area contributed by atoms with Crippen LogP contribution in [0.1, 0.15) is 71.6 Å². The smallest absolute Gasteiger partial charge is 0.246 e. The van der Waals surface area contributed by atoms with E-state index in [1.54, 1.807) is 6.92 Å². The van der Waals surface area contributed by atoms with Crippen LogP contribution in [0.25, 0.3) is 0 Å². The topological polar surface area (TPSA) is 297 Å². The van der Waals surface area contributed by atoms with E-state index in [0.29, 0.717) is 78.3 Å². The number of rotatable bonds is 47. The molecule has 370 valence electrons. The fourth-order valence-electron chi connectivity index (χ4n) is 5.23. The maximum atomic E-state index is 12.0. The van der Waals surface area contributed by atoms with Crippen molar-refractivity contribution in [2.24, 2.45) is 11.7 Å². The van der Waals surface area contributed by atoms with E-state index in [9.17, 15) is 38.4 Å². The van der Waals surface area contributed by atoms with Crippen LogP contribution in [0.5, 0.6) is 0 Å². The van der Waals surface area contributed by atoms with Crippen LogP contribution >= 0.6 is 0 Å². The molecule has 0 aromatic carbocycles. The van der Waals surface area contributed by atoms with E-state index in [0.717, 1.165) is 12.8 Å². The summed E-state index contributed by atoms with van der Waals surface area (Å²) in [4.78, 5) is 93.5. The zero-order valence-corrected chi connectivity index (χ0v) is 38.1. The van der Waals surface area contributed by atoms with Gasteiger partial charge in [-0.15, -0.1) is 0 Å². The van der Waals surface area contributed by atoms with Crippen molar-refractivity contribution >= 4 is 46.9 Å². The van der Waals surface area contributed by atoms with E-state index >= 15 is 0 Å². The van der Waals surface area contributed by atoms with Crippen LogP contribution in [0.4, 0.5) is 0 Å². The summed E-state index contributed by atoms with van der Waals surface area (Å²) in [5.74, 6) is -1.25. The van der Waals surface area contributed by atoms with Gasteiger partial charge in [-0.2, -0.15) is 0 Å². The molecule has 0 rings (SSSR count). The third-order valence-corrected chi connectivity index (χ3v) is 8.74. The molecule has 0 bridgehead atoms. The molecule has 7 N–H and O–H groups in total. The molecule has 22 nitrogen and oxygen atoms in total. The normalized spacial score (nSPS) is 11.4. The molecule has 0 radical (unpaired) electrons. The van der Waals surface area contributed by atoms with Gasteiger partial charge in [-0.3, -0.25) is 33.6 Å². The van der Waals surface area contributed by atoms with Gasteiger partial charge in [-0.25, -0.2) is 0 Å². The lowest BCUT2D eigenvalue weighted by Crippen LogP contribution is -2.32. The minimum Gasteiger partial charge on any atom is -0.379 e. The number of hydrogen-bond donors (Lipinski definition) is 6. The van der Waals surface area contributed by atoms with E-state index in [4.69, 9.17) is 43.6 Å². The molecule has 0 aliphatic heterocycles. The van der Waals surface area contributed by atoms with Gasteiger partial charge in [0.1, 0.15) is 37.2 Å². The summed E-state index contributed by atoms with van der Waals surface area (Å²) in [6.45, 7) is 7.84. The zero-order chi connectivity index (χ0) is 47.3. The Balaban J connectivity index is 3.49. The second kappa shape index (κ2) is 44.2.